The Kier molecular flexibility index (Phi) is 5.24. The molecule has 1 amide bonds. The Labute approximate surface area is 176 Å². The van der Waals surface area contributed by atoms with Crippen molar-refractivity contribution in [1.29, 1.82) is 5.26 Å². The molecule has 0 radical (unpaired) electrons. The summed E-state index contributed by atoms with van der Waals surface area (Å²) < 4.78 is 5.64. The van der Waals surface area contributed by atoms with Crippen LogP contribution in [0, 0.1) is 21.4 Å². The van der Waals surface area contributed by atoms with Crippen molar-refractivity contribution < 1.29 is 14.1 Å². The van der Waals surface area contributed by atoms with E-state index in [1.54, 1.807) is 48.7 Å². The van der Waals surface area contributed by atoms with Crippen molar-refractivity contribution >= 4 is 34.3 Å². The summed E-state index contributed by atoms with van der Waals surface area (Å²) in [6.07, 6.45) is 2.90. The molecule has 1 N–H and O–H groups in total. The Balaban J connectivity index is 1.62. The van der Waals surface area contributed by atoms with Gasteiger partial charge in [-0.1, -0.05) is 30.3 Å². The zero-order chi connectivity index (χ0) is 21.8. The fourth-order valence-electron chi connectivity index (χ4n) is 3.10. The smallest absolute Gasteiger partial charge is 0.280 e. The molecule has 0 aliphatic carbocycles. The van der Waals surface area contributed by atoms with E-state index in [0.717, 1.165) is 5.39 Å². The maximum Gasteiger partial charge on any atom is 0.280 e. The highest BCUT2D eigenvalue weighted by Crippen LogP contribution is 2.31. The lowest BCUT2D eigenvalue weighted by atomic mass is 10.1. The van der Waals surface area contributed by atoms with Crippen LogP contribution in [0.5, 0.6) is 0 Å². The maximum atomic E-state index is 12.7. The Morgan fingerprint density at radius 1 is 1.10 bits per heavy atom. The summed E-state index contributed by atoms with van der Waals surface area (Å²) in [4.78, 5) is 27.7. The average molecular weight is 410 g/mol. The number of nitro benzene ring substituents is 1. The van der Waals surface area contributed by atoms with Gasteiger partial charge in [0.05, 0.1) is 21.7 Å². The summed E-state index contributed by atoms with van der Waals surface area (Å²) in [6.45, 7) is 0. The molecular formula is C23H14N4O4. The number of benzene rings is 2. The molecule has 0 aliphatic heterocycles. The normalized spacial score (nSPS) is 11.1. The predicted octanol–water partition coefficient (Wildman–Crippen LogP) is 4.95. The van der Waals surface area contributed by atoms with Crippen LogP contribution in [0.15, 0.2) is 82.9 Å². The van der Waals surface area contributed by atoms with Gasteiger partial charge in [0.25, 0.3) is 11.6 Å². The molecule has 0 atom stereocenters. The molecule has 0 spiro atoms. The van der Waals surface area contributed by atoms with E-state index in [1.165, 1.54) is 18.2 Å². The van der Waals surface area contributed by atoms with Crippen LogP contribution in [-0.4, -0.2) is 15.8 Å². The van der Waals surface area contributed by atoms with Gasteiger partial charge in [-0.15, -0.1) is 0 Å². The van der Waals surface area contributed by atoms with E-state index in [4.69, 9.17) is 4.42 Å². The van der Waals surface area contributed by atoms with Crippen molar-refractivity contribution in [3.05, 3.63) is 94.4 Å². The Morgan fingerprint density at radius 2 is 1.90 bits per heavy atom. The summed E-state index contributed by atoms with van der Waals surface area (Å²) in [5, 5.41) is 24.2. The van der Waals surface area contributed by atoms with Crippen LogP contribution in [0.25, 0.3) is 28.3 Å². The van der Waals surface area contributed by atoms with Crippen molar-refractivity contribution in [2.45, 2.75) is 0 Å². The number of hydrogen-bond donors (Lipinski definition) is 1. The van der Waals surface area contributed by atoms with E-state index in [-0.39, 0.29) is 22.8 Å². The number of hydrogen-bond acceptors (Lipinski definition) is 6. The minimum Gasteiger partial charge on any atom is -0.456 e. The molecule has 2 aromatic heterocycles. The lowest BCUT2D eigenvalue weighted by Gasteiger charge is -2.07. The highest BCUT2D eigenvalue weighted by molar-refractivity contribution is 6.12. The number of nitrogens with zero attached hydrogens (tertiary/aromatic N) is 3. The molecule has 4 rings (SSSR count). The first-order valence-electron chi connectivity index (χ1n) is 9.17. The summed E-state index contributed by atoms with van der Waals surface area (Å²) in [7, 11) is 0. The first-order chi connectivity index (χ1) is 15.1. The standard InChI is InChI=1S/C23H14N4O4/c24-14-16(23(28)26-19-8-3-5-15-6-4-12-25-22(15)19)13-17-10-11-21(31-17)18-7-1-2-9-20(18)27(29)30/h1-13H,(H,26,28). The number of fused-ring (bicyclic) bond motifs is 1. The van der Waals surface area contributed by atoms with Gasteiger partial charge in [-0.3, -0.25) is 19.9 Å². The van der Waals surface area contributed by atoms with E-state index in [0.29, 0.717) is 16.8 Å². The number of nitro groups is 1. The molecule has 0 fully saturated rings. The third kappa shape index (κ3) is 4.02. The van der Waals surface area contributed by atoms with Crippen LogP contribution in [0.4, 0.5) is 11.4 Å². The Bertz CT molecular complexity index is 1380. The Hall–Kier alpha value is -4.77. The number of carbonyl (C=O) groups is 1. The quantitative estimate of drug-likeness (QED) is 0.215. The van der Waals surface area contributed by atoms with E-state index in [1.807, 2.05) is 18.2 Å². The second-order valence-corrected chi connectivity index (χ2v) is 6.48. The summed E-state index contributed by atoms with van der Waals surface area (Å²) in [5.74, 6) is -0.144. The molecule has 31 heavy (non-hydrogen) atoms. The summed E-state index contributed by atoms with van der Waals surface area (Å²) in [6, 6.07) is 20.1. The van der Waals surface area contributed by atoms with Gasteiger partial charge in [0.15, 0.2) is 0 Å². The predicted molar refractivity (Wildman–Crippen MR) is 115 cm³/mol. The lowest BCUT2D eigenvalue weighted by molar-refractivity contribution is -0.384. The number of amides is 1. The Morgan fingerprint density at radius 3 is 2.71 bits per heavy atom. The van der Waals surface area contributed by atoms with Gasteiger partial charge in [-0.05, 0) is 30.3 Å². The minimum absolute atomic E-state index is 0.103. The number of pyridine rings is 1. The second kappa shape index (κ2) is 8.31. The van der Waals surface area contributed by atoms with Gasteiger partial charge in [-0.2, -0.15) is 5.26 Å². The van der Waals surface area contributed by atoms with Gasteiger partial charge >= 0.3 is 0 Å². The SMILES string of the molecule is N#CC(=Cc1ccc(-c2ccccc2[N+](=O)[O-])o1)C(=O)Nc1cccc2cccnc12. The third-order valence-electron chi connectivity index (χ3n) is 4.53. The first kappa shape index (κ1) is 19.5. The number of anilines is 1. The second-order valence-electron chi connectivity index (χ2n) is 6.48. The fraction of sp³-hybridized carbons (Fsp3) is 0. The highest BCUT2D eigenvalue weighted by Gasteiger charge is 2.18. The number of carbonyl (C=O) groups excluding carboxylic acids is 1. The molecule has 8 heteroatoms. The number of furan rings is 1. The molecule has 150 valence electrons. The van der Waals surface area contributed by atoms with Gasteiger partial charge in [0.2, 0.25) is 0 Å². The van der Waals surface area contributed by atoms with Crippen molar-refractivity contribution in [1.82, 2.24) is 4.98 Å². The van der Waals surface area contributed by atoms with E-state index in [2.05, 4.69) is 10.3 Å². The monoisotopic (exact) mass is 410 g/mol. The van der Waals surface area contributed by atoms with Crippen LogP contribution in [0.2, 0.25) is 0 Å². The first-order valence-corrected chi connectivity index (χ1v) is 9.17. The number of rotatable bonds is 5. The van der Waals surface area contributed by atoms with Crippen LogP contribution in [0.1, 0.15) is 5.76 Å². The number of nitrogens with one attached hydrogen (secondary N) is 1. The maximum absolute atomic E-state index is 12.7. The molecule has 8 nitrogen and oxygen atoms in total. The van der Waals surface area contributed by atoms with E-state index >= 15 is 0 Å². The topological polar surface area (TPSA) is 122 Å². The van der Waals surface area contributed by atoms with Gasteiger partial charge in [-0.25, -0.2) is 0 Å². The highest BCUT2D eigenvalue weighted by atomic mass is 16.6. The molecule has 2 heterocycles. The summed E-state index contributed by atoms with van der Waals surface area (Å²) in [5.41, 5.74) is 1.10. The van der Waals surface area contributed by atoms with Crippen molar-refractivity contribution in [3.63, 3.8) is 0 Å². The molecular weight excluding hydrogens is 396 g/mol. The largest absolute Gasteiger partial charge is 0.456 e. The molecule has 4 aromatic rings. The van der Waals surface area contributed by atoms with Gasteiger partial charge < -0.3 is 9.73 Å². The van der Waals surface area contributed by atoms with Gasteiger partial charge in [0, 0.05) is 23.7 Å². The molecule has 0 aliphatic rings. The molecule has 0 bridgehead atoms. The van der Waals surface area contributed by atoms with Gasteiger partial charge in [0.1, 0.15) is 23.2 Å². The molecule has 2 aromatic carbocycles. The third-order valence-corrected chi connectivity index (χ3v) is 4.53. The van der Waals surface area contributed by atoms with Crippen molar-refractivity contribution in [2.24, 2.45) is 0 Å². The summed E-state index contributed by atoms with van der Waals surface area (Å²) >= 11 is 0. The fourth-order valence-corrected chi connectivity index (χ4v) is 3.10. The van der Waals surface area contributed by atoms with E-state index in [9.17, 15) is 20.2 Å². The zero-order valence-electron chi connectivity index (χ0n) is 16.0. The van der Waals surface area contributed by atoms with Crippen LogP contribution in [-0.2, 0) is 4.79 Å². The lowest BCUT2D eigenvalue weighted by Crippen LogP contribution is -2.13. The molecule has 0 saturated heterocycles. The van der Waals surface area contributed by atoms with E-state index < -0.39 is 10.8 Å². The number of para-hydroxylation sites is 2. The number of aromatic nitrogens is 1. The minimum atomic E-state index is -0.621. The molecule has 0 saturated carbocycles. The van der Waals surface area contributed by atoms with Crippen LogP contribution in [0.3, 0.4) is 0 Å². The van der Waals surface area contributed by atoms with Crippen LogP contribution < -0.4 is 5.32 Å². The zero-order valence-corrected chi connectivity index (χ0v) is 16.0. The average Bonchev–Trinajstić information content (AvgIpc) is 3.26. The molecule has 0 unspecified atom stereocenters. The van der Waals surface area contributed by atoms with Crippen LogP contribution >= 0.6 is 0 Å². The van der Waals surface area contributed by atoms with Crippen molar-refractivity contribution in [3.8, 4) is 17.4 Å². The van der Waals surface area contributed by atoms with Crippen molar-refractivity contribution in [2.75, 3.05) is 5.32 Å². The number of nitriles is 1.